The van der Waals surface area contributed by atoms with E-state index in [2.05, 4.69) is 50.9 Å². The summed E-state index contributed by atoms with van der Waals surface area (Å²) < 4.78 is 1.42. The highest BCUT2D eigenvalue weighted by Crippen LogP contribution is 2.33. The molecule has 1 atom stereocenters. The van der Waals surface area contributed by atoms with Gasteiger partial charge in [-0.25, -0.2) is 0 Å². The molecular weight excluding hydrogens is 228 g/mol. The molecule has 0 aliphatic rings. The number of thiol groups is 1. The minimum absolute atomic E-state index is 0.367. The van der Waals surface area contributed by atoms with Gasteiger partial charge in [-0.3, -0.25) is 0 Å². The predicted octanol–water partition coefficient (Wildman–Crippen LogP) is 4.43. The van der Waals surface area contributed by atoms with Crippen LogP contribution in [0.3, 0.4) is 0 Å². The average molecular weight is 246 g/mol. The van der Waals surface area contributed by atoms with Gasteiger partial charge in [0, 0.05) is 5.75 Å². The number of hydrogen-bond acceptors (Lipinski definition) is 3. The predicted molar refractivity (Wildman–Crippen MR) is 71.8 cm³/mol. The standard InChI is InChI=1S/C11H18S3/c1-11(2,3)9(7-12)8-14-10-5-4-6-13-10/h4-6,9,12H,7-8H2,1-3H3. The number of thiophene rings is 1. The van der Waals surface area contributed by atoms with Gasteiger partial charge in [0.1, 0.15) is 0 Å². The fraction of sp³-hybridized carbons (Fsp3) is 0.636. The third kappa shape index (κ3) is 3.87. The van der Waals surface area contributed by atoms with Crippen LogP contribution in [0.25, 0.3) is 0 Å². The van der Waals surface area contributed by atoms with Gasteiger partial charge < -0.3 is 0 Å². The summed E-state index contributed by atoms with van der Waals surface area (Å²) in [7, 11) is 0. The van der Waals surface area contributed by atoms with E-state index in [1.165, 1.54) is 9.96 Å². The number of thioether (sulfide) groups is 1. The fourth-order valence-corrected chi connectivity index (χ4v) is 4.21. The molecule has 1 rings (SSSR count). The Bertz CT molecular complexity index is 246. The molecule has 0 aliphatic heterocycles. The Morgan fingerprint density at radius 1 is 1.50 bits per heavy atom. The molecule has 0 N–H and O–H groups in total. The van der Waals surface area contributed by atoms with Crippen LogP contribution >= 0.6 is 35.7 Å². The highest BCUT2D eigenvalue weighted by Gasteiger charge is 2.23. The maximum Gasteiger partial charge on any atom is 0.0598 e. The van der Waals surface area contributed by atoms with Crippen LogP contribution in [0, 0.1) is 11.3 Å². The van der Waals surface area contributed by atoms with E-state index in [1.54, 1.807) is 0 Å². The van der Waals surface area contributed by atoms with Crippen molar-refractivity contribution in [3.05, 3.63) is 17.5 Å². The Morgan fingerprint density at radius 2 is 2.21 bits per heavy atom. The van der Waals surface area contributed by atoms with Gasteiger partial charge in [0.05, 0.1) is 4.21 Å². The van der Waals surface area contributed by atoms with E-state index in [4.69, 9.17) is 0 Å². The largest absolute Gasteiger partial charge is 0.179 e. The molecule has 0 aliphatic carbocycles. The Kier molecular flexibility index (Phi) is 4.88. The molecule has 1 heterocycles. The van der Waals surface area contributed by atoms with Crippen LogP contribution < -0.4 is 0 Å². The minimum Gasteiger partial charge on any atom is -0.179 e. The molecule has 0 aromatic carbocycles. The molecule has 0 bridgehead atoms. The molecule has 0 amide bonds. The SMILES string of the molecule is CC(C)(C)C(CS)CSc1cccs1. The van der Waals surface area contributed by atoms with Crippen LogP contribution in [0.15, 0.2) is 21.7 Å². The Labute approximate surface area is 101 Å². The van der Waals surface area contributed by atoms with Gasteiger partial charge in [0.15, 0.2) is 0 Å². The van der Waals surface area contributed by atoms with Crippen molar-refractivity contribution in [2.75, 3.05) is 11.5 Å². The quantitative estimate of drug-likeness (QED) is 0.605. The first kappa shape index (κ1) is 12.5. The first-order valence-electron chi connectivity index (χ1n) is 4.81. The van der Waals surface area contributed by atoms with E-state index < -0.39 is 0 Å². The summed E-state index contributed by atoms with van der Waals surface area (Å²) in [6.45, 7) is 6.88. The van der Waals surface area contributed by atoms with Gasteiger partial charge in [-0.1, -0.05) is 26.8 Å². The Morgan fingerprint density at radius 3 is 2.64 bits per heavy atom. The lowest BCUT2D eigenvalue weighted by atomic mass is 9.83. The average Bonchev–Trinajstić information content (AvgIpc) is 2.55. The lowest BCUT2D eigenvalue weighted by Crippen LogP contribution is -2.24. The van der Waals surface area contributed by atoms with E-state index in [0.717, 1.165) is 5.75 Å². The summed E-state index contributed by atoms with van der Waals surface area (Å²) in [5.74, 6) is 2.83. The second-order valence-electron chi connectivity index (χ2n) is 4.49. The summed E-state index contributed by atoms with van der Waals surface area (Å²) in [4.78, 5) is 0. The smallest absolute Gasteiger partial charge is 0.0598 e. The third-order valence-corrected chi connectivity index (χ3v) is 5.10. The topological polar surface area (TPSA) is 0 Å². The van der Waals surface area contributed by atoms with Crippen LogP contribution in [0.5, 0.6) is 0 Å². The Balaban J connectivity index is 2.43. The first-order chi connectivity index (χ1) is 6.54. The van der Waals surface area contributed by atoms with E-state index in [0.29, 0.717) is 11.3 Å². The van der Waals surface area contributed by atoms with Gasteiger partial charge in [0.25, 0.3) is 0 Å². The Hall–Kier alpha value is 0.400. The van der Waals surface area contributed by atoms with E-state index in [-0.39, 0.29) is 0 Å². The zero-order valence-electron chi connectivity index (χ0n) is 8.99. The summed E-state index contributed by atoms with van der Waals surface area (Å²) in [6.07, 6.45) is 0. The second-order valence-corrected chi connectivity index (χ2v) is 7.12. The highest BCUT2D eigenvalue weighted by molar-refractivity contribution is 8.01. The van der Waals surface area contributed by atoms with Crippen molar-refractivity contribution in [3.63, 3.8) is 0 Å². The minimum atomic E-state index is 0.367. The van der Waals surface area contributed by atoms with Gasteiger partial charge in [-0.2, -0.15) is 12.6 Å². The van der Waals surface area contributed by atoms with Crippen molar-refractivity contribution in [2.45, 2.75) is 25.0 Å². The summed E-state index contributed by atoms with van der Waals surface area (Å²) in [6, 6.07) is 4.30. The first-order valence-corrected chi connectivity index (χ1v) is 7.31. The van der Waals surface area contributed by atoms with Crippen LogP contribution in [-0.4, -0.2) is 11.5 Å². The van der Waals surface area contributed by atoms with Gasteiger partial charge in [0.2, 0.25) is 0 Å². The van der Waals surface area contributed by atoms with Crippen LogP contribution in [0.1, 0.15) is 20.8 Å². The molecule has 0 saturated heterocycles. The summed E-state index contributed by atoms with van der Waals surface area (Å²) >= 11 is 8.21. The molecule has 0 nitrogen and oxygen atoms in total. The van der Waals surface area contributed by atoms with Crippen LogP contribution in [0.2, 0.25) is 0 Å². The molecular formula is C11H18S3. The van der Waals surface area contributed by atoms with Crippen molar-refractivity contribution < 1.29 is 0 Å². The number of rotatable bonds is 4. The molecule has 3 heteroatoms. The van der Waals surface area contributed by atoms with E-state index in [9.17, 15) is 0 Å². The molecule has 80 valence electrons. The molecule has 14 heavy (non-hydrogen) atoms. The second kappa shape index (κ2) is 5.47. The molecule has 0 spiro atoms. The maximum absolute atomic E-state index is 4.43. The van der Waals surface area contributed by atoms with Crippen molar-refractivity contribution in [1.29, 1.82) is 0 Å². The lowest BCUT2D eigenvalue weighted by Gasteiger charge is -2.28. The van der Waals surface area contributed by atoms with Crippen LogP contribution in [0.4, 0.5) is 0 Å². The summed E-state index contributed by atoms with van der Waals surface area (Å²) in [5.41, 5.74) is 0.367. The van der Waals surface area contributed by atoms with Gasteiger partial charge in [-0.05, 0) is 28.5 Å². The van der Waals surface area contributed by atoms with Crippen molar-refractivity contribution in [1.82, 2.24) is 0 Å². The molecule has 1 aromatic rings. The zero-order valence-corrected chi connectivity index (χ0v) is 11.5. The zero-order chi connectivity index (χ0) is 10.6. The van der Waals surface area contributed by atoms with Crippen LogP contribution in [-0.2, 0) is 0 Å². The van der Waals surface area contributed by atoms with E-state index in [1.807, 2.05) is 23.1 Å². The fourth-order valence-electron chi connectivity index (χ4n) is 1.10. The molecule has 1 unspecified atom stereocenters. The lowest BCUT2D eigenvalue weighted by molar-refractivity contribution is 0.294. The maximum atomic E-state index is 4.43. The van der Waals surface area contributed by atoms with Gasteiger partial charge >= 0.3 is 0 Å². The van der Waals surface area contributed by atoms with Crippen molar-refractivity contribution in [3.8, 4) is 0 Å². The highest BCUT2D eigenvalue weighted by atomic mass is 32.2. The molecule has 0 saturated carbocycles. The third-order valence-electron chi connectivity index (χ3n) is 2.37. The van der Waals surface area contributed by atoms with Crippen molar-refractivity contribution in [2.24, 2.45) is 11.3 Å². The van der Waals surface area contributed by atoms with E-state index >= 15 is 0 Å². The molecule has 0 radical (unpaired) electrons. The molecule has 1 aromatic heterocycles. The molecule has 0 fully saturated rings. The summed E-state index contributed by atoms with van der Waals surface area (Å²) in [5, 5.41) is 2.13. The van der Waals surface area contributed by atoms with Crippen molar-refractivity contribution >= 4 is 35.7 Å². The monoisotopic (exact) mass is 246 g/mol. The number of hydrogen-bond donors (Lipinski definition) is 1. The van der Waals surface area contributed by atoms with Gasteiger partial charge in [-0.15, -0.1) is 23.1 Å². The normalized spacial score (nSPS) is 14.3.